The van der Waals surface area contributed by atoms with Crippen molar-refractivity contribution in [2.45, 2.75) is 44.7 Å². The molecule has 1 unspecified atom stereocenters. The minimum Gasteiger partial charge on any atom is -0.378 e. The van der Waals surface area contributed by atoms with Gasteiger partial charge in [-0.1, -0.05) is 51.1 Å². The maximum absolute atomic E-state index is 12.5. The molecule has 0 radical (unpaired) electrons. The zero-order chi connectivity index (χ0) is 20.8. The van der Waals surface area contributed by atoms with Crippen LogP contribution in [0.3, 0.4) is 0 Å². The minimum absolute atomic E-state index is 0.116. The number of anilines is 2. The van der Waals surface area contributed by atoms with E-state index in [0.29, 0.717) is 6.42 Å². The first-order valence-electron chi connectivity index (χ1n) is 10.5. The molecule has 2 aliphatic heterocycles. The van der Waals surface area contributed by atoms with Crippen LogP contribution in [-0.2, 0) is 16.6 Å². The number of fused-ring (bicyclic) bond motifs is 3. The van der Waals surface area contributed by atoms with Gasteiger partial charge in [0.1, 0.15) is 5.66 Å². The van der Waals surface area contributed by atoms with Crippen LogP contribution in [-0.4, -0.2) is 32.2 Å². The van der Waals surface area contributed by atoms with Gasteiger partial charge in [-0.05, 0) is 47.4 Å². The van der Waals surface area contributed by atoms with Crippen LogP contribution >= 0.6 is 0 Å². The summed E-state index contributed by atoms with van der Waals surface area (Å²) in [6.45, 7) is 7.41. The van der Waals surface area contributed by atoms with Crippen LogP contribution in [0.1, 0.15) is 43.9 Å². The van der Waals surface area contributed by atoms with Crippen LogP contribution in [0.4, 0.5) is 11.4 Å². The number of aryl methyl sites for hydroxylation is 1. The SMILES string of the molecule is CCc1ccc2c(c1)C(C)(C)C1(C=Cc3ccc(N(C)C)cc3)NC(=O)CCN21. The Labute approximate surface area is 174 Å². The maximum Gasteiger partial charge on any atom is 0.223 e. The van der Waals surface area contributed by atoms with Gasteiger partial charge in [0.05, 0.1) is 0 Å². The Hall–Kier alpha value is -2.75. The molecule has 2 aliphatic rings. The van der Waals surface area contributed by atoms with Crippen molar-refractivity contribution < 1.29 is 4.79 Å². The van der Waals surface area contributed by atoms with Gasteiger partial charge in [0.2, 0.25) is 5.91 Å². The van der Waals surface area contributed by atoms with Crippen LogP contribution < -0.4 is 15.1 Å². The molecular weight excluding hydrogens is 358 g/mol. The molecule has 4 heteroatoms. The molecule has 0 aliphatic carbocycles. The molecule has 0 spiro atoms. The van der Waals surface area contributed by atoms with Crippen molar-refractivity contribution >= 4 is 23.4 Å². The highest BCUT2D eigenvalue weighted by Gasteiger charge is 2.57. The smallest absolute Gasteiger partial charge is 0.223 e. The van der Waals surface area contributed by atoms with Gasteiger partial charge >= 0.3 is 0 Å². The molecule has 1 N–H and O–H groups in total. The zero-order valence-electron chi connectivity index (χ0n) is 18.1. The Balaban J connectivity index is 1.78. The Morgan fingerprint density at radius 2 is 1.86 bits per heavy atom. The zero-order valence-corrected chi connectivity index (χ0v) is 18.1. The first-order valence-corrected chi connectivity index (χ1v) is 10.5. The molecule has 2 aromatic rings. The van der Waals surface area contributed by atoms with Crippen molar-refractivity contribution in [3.05, 3.63) is 65.2 Å². The number of hydrogen-bond donors (Lipinski definition) is 1. The van der Waals surface area contributed by atoms with Crippen LogP contribution in [0.5, 0.6) is 0 Å². The Morgan fingerprint density at radius 3 is 2.52 bits per heavy atom. The molecule has 0 bridgehead atoms. The molecule has 4 rings (SSSR count). The number of benzene rings is 2. The summed E-state index contributed by atoms with van der Waals surface area (Å²) in [7, 11) is 4.09. The van der Waals surface area contributed by atoms with E-state index in [1.54, 1.807) is 0 Å². The maximum atomic E-state index is 12.5. The van der Waals surface area contributed by atoms with Crippen LogP contribution in [0.2, 0.25) is 0 Å². The first-order chi connectivity index (χ1) is 13.8. The highest BCUT2D eigenvalue weighted by atomic mass is 16.2. The number of nitrogens with one attached hydrogen (secondary N) is 1. The van der Waals surface area contributed by atoms with Gasteiger partial charge < -0.3 is 15.1 Å². The lowest BCUT2D eigenvalue weighted by Gasteiger charge is -2.49. The summed E-state index contributed by atoms with van der Waals surface area (Å²) in [5, 5.41) is 3.36. The standard InChI is InChI=1S/C25H31N3O/c1-6-18-9-12-22-21(17-18)24(2,3)25(26-23(29)14-16-28(22)25)15-13-19-7-10-20(11-8-19)27(4)5/h7-13,15,17H,6,14,16H2,1-5H3,(H,26,29). The average molecular weight is 390 g/mol. The topological polar surface area (TPSA) is 35.6 Å². The second-order valence-electron chi connectivity index (χ2n) is 8.87. The fraction of sp³-hybridized carbons (Fsp3) is 0.400. The van der Waals surface area contributed by atoms with E-state index in [-0.39, 0.29) is 11.3 Å². The molecule has 29 heavy (non-hydrogen) atoms. The van der Waals surface area contributed by atoms with Crippen molar-refractivity contribution in [3.63, 3.8) is 0 Å². The van der Waals surface area contributed by atoms with Gasteiger partial charge in [0, 0.05) is 43.9 Å². The molecule has 0 aromatic heterocycles. The Morgan fingerprint density at radius 1 is 1.14 bits per heavy atom. The van der Waals surface area contributed by atoms with Gasteiger partial charge in [-0.15, -0.1) is 0 Å². The number of hydrogen-bond acceptors (Lipinski definition) is 3. The van der Waals surface area contributed by atoms with E-state index in [1.165, 1.54) is 22.5 Å². The van der Waals surface area contributed by atoms with Crippen LogP contribution in [0, 0.1) is 0 Å². The van der Waals surface area contributed by atoms with Crippen molar-refractivity contribution in [2.75, 3.05) is 30.4 Å². The van der Waals surface area contributed by atoms with E-state index in [0.717, 1.165) is 18.5 Å². The van der Waals surface area contributed by atoms with E-state index in [2.05, 4.69) is 90.5 Å². The van der Waals surface area contributed by atoms with Crippen molar-refractivity contribution in [1.82, 2.24) is 5.32 Å². The van der Waals surface area contributed by atoms with Crippen LogP contribution in [0.15, 0.2) is 48.5 Å². The summed E-state index contributed by atoms with van der Waals surface area (Å²) in [6.07, 6.45) is 5.88. The predicted octanol–water partition coefficient (Wildman–Crippen LogP) is 4.34. The van der Waals surface area contributed by atoms with Gasteiger partial charge in [-0.3, -0.25) is 4.79 Å². The number of carbonyl (C=O) groups is 1. The van der Waals surface area contributed by atoms with Gasteiger partial charge in [0.25, 0.3) is 0 Å². The van der Waals surface area contributed by atoms with E-state index < -0.39 is 5.66 Å². The lowest BCUT2D eigenvalue weighted by Crippen LogP contribution is -2.68. The average Bonchev–Trinajstić information content (AvgIpc) is 2.90. The highest BCUT2D eigenvalue weighted by Crippen LogP contribution is 2.52. The summed E-state index contributed by atoms with van der Waals surface area (Å²) in [4.78, 5) is 17.0. The van der Waals surface area contributed by atoms with E-state index in [4.69, 9.17) is 0 Å². The molecule has 4 nitrogen and oxygen atoms in total. The number of nitrogens with zero attached hydrogens (tertiary/aromatic N) is 2. The molecule has 152 valence electrons. The normalized spacial score (nSPS) is 22.4. The number of rotatable bonds is 4. The fourth-order valence-electron chi connectivity index (χ4n) is 4.72. The molecule has 0 saturated carbocycles. The van der Waals surface area contributed by atoms with Gasteiger partial charge in [-0.25, -0.2) is 0 Å². The Kier molecular flexibility index (Phi) is 4.68. The lowest BCUT2D eigenvalue weighted by atomic mass is 9.74. The van der Waals surface area contributed by atoms with Crippen molar-refractivity contribution in [2.24, 2.45) is 0 Å². The quantitative estimate of drug-likeness (QED) is 0.845. The molecule has 1 amide bonds. The third-order valence-corrected chi connectivity index (χ3v) is 6.63. The minimum atomic E-state index is -0.558. The summed E-state index contributed by atoms with van der Waals surface area (Å²) in [5.74, 6) is 0.116. The summed E-state index contributed by atoms with van der Waals surface area (Å²) in [5.41, 5.74) is 5.38. The molecule has 2 heterocycles. The van der Waals surface area contributed by atoms with Gasteiger partial charge in [0.15, 0.2) is 0 Å². The largest absolute Gasteiger partial charge is 0.378 e. The summed E-state index contributed by atoms with van der Waals surface area (Å²) in [6, 6.07) is 15.3. The fourth-order valence-corrected chi connectivity index (χ4v) is 4.72. The molecule has 1 fully saturated rings. The second-order valence-corrected chi connectivity index (χ2v) is 8.87. The number of amides is 1. The predicted molar refractivity (Wildman–Crippen MR) is 121 cm³/mol. The third kappa shape index (κ3) is 3.02. The first kappa shape index (κ1) is 19.6. The van der Waals surface area contributed by atoms with E-state index in [9.17, 15) is 4.79 Å². The number of carbonyl (C=O) groups excluding carboxylic acids is 1. The van der Waals surface area contributed by atoms with E-state index >= 15 is 0 Å². The second kappa shape index (κ2) is 6.94. The highest BCUT2D eigenvalue weighted by molar-refractivity contribution is 5.84. The van der Waals surface area contributed by atoms with Crippen molar-refractivity contribution in [1.29, 1.82) is 0 Å². The monoisotopic (exact) mass is 389 g/mol. The molecule has 1 saturated heterocycles. The van der Waals surface area contributed by atoms with Crippen LogP contribution in [0.25, 0.3) is 6.08 Å². The summed E-state index contributed by atoms with van der Waals surface area (Å²) >= 11 is 0. The molecule has 1 atom stereocenters. The lowest BCUT2D eigenvalue weighted by molar-refractivity contribution is -0.124. The molecular formula is C25H31N3O. The summed E-state index contributed by atoms with van der Waals surface area (Å²) < 4.78 is 0. The molecule has 2 aromatic carbocycles. The van der Waals surface area contributed by atoms with Gasteiger partial charge in [-0.2, -0.15) is 0 Å². The Bertz CT molecular complexity index is 959. The third-order valence-electron chi connectivity index (χ3n) is 6.63. The van der Waals surface area contributed by atoms with E-state index in [1.807, 2.05) is 14.1 Å². The van der Waals surface area contributed by atoms with Crippen molar-refractivity contribution in [3.8, 4) is 0 Å².